The van der Waals surface area contributed by atoms with Crippen LogP contribution in [0.5, 0.6) is 0 Å². The number of carbonyl (C=O) groups excluding carboxylic acids is 1. The fraction of sp³-hybridized carbons (Fsp3) is 0.444. The van der Waals surface area contributed by atoms with E-state index in [1.807, 2.05) is 0 Å². The molecule has 2 N–H and O–H groups in total. The zero-order valence-electron chi connectivity index (χ0n) is 8.38. The number of amides is 1. The predicted octanol–water partition coefficient (Wildman–Crippen LogP) is -0.138. The van der Waals surface area contributed by atoms with Crippen molar-refractivity contribution >= 4 is 11.9 Å². The zero-order valence-corrected chi connectivity index (χ0v) is 8.38. The first-order valence-corrected chi connectivity index (χ1v) is 4.63. The fourth-order valence-corrected chi connectivity index (χ4v) is 1.12. The molecule has 0 spiro atoms. The molecule has 6 heteroatoms. The van der Waals surface area contributed by atoms with Crippen molar-refractivity contribution in [3.05, 3.63) is 18.5 Å². The van der Waals surface area contributed by atoms with Crippen molar-refractivity contribution in [1.29, 1.82) is 0 Å². The molecule has 0 fully saturated rings. The molecule has 0 aliphatic carbocycles. The highest BCUT2D eigenvalue weighted by Gasteiger charge is 2.17. The number of nitrogens with one attached hydrogen (secondary N) is 1. The molecule has 1 amide bonds. The maximum Gasteiger partial charge on any atom is 0.326 e. The molecule has 0 radical (unpaired) electrons. The van der Waals surface area contributed by atoms with Gasteiger partial charge >= 0.3 is 5.97 Å². The van der Waals surface area contributed by atoms with E-state index >= 15 is 0 Å². The van der Waals surface area contributed by atoms with Gasteiger partial charge in [0, 0.05) is 12.4 Å². The lowest BCUT2D eigenvalue weighted by Gasteiger charge is -2.11. The summed E-state index contributed by atoms with van der Waals surface area (Å²) in [4.78, 5) is 22.0. The van der Waals surface area contributed by atoms with E-state index in [2.05, 4.69) is 10.4 Å². The summed E-state index contributed by atoms with van der Waals surface area (Å²) in [5, 5.41) is 15.0. The van der Waals surface area contributed by atoms with Crippen LogP contribution in [0.4, 0.5) is 0 Å². The predicted molar refractivity (Wildman–Crippen MR) is 52.1 cm³/mol. The number of nitrogens with zero attached hydrogens (tertiary/aromatic N) is 2. The Morgan fingerprint density at radius 1 is 1.60 bits per heavy atom. The Kier molecular flexibility index (Phi) is 3.84. The molecule has 1 heterocycles. The Balaban J connectivity index is 2.45. The molecule has 0 saturated carbocycles. The first-order chi connectivity index (χ1) is 7.13. The number of hydrogen-bond acceptors (Lipinski definition) is 3. The van der Waals surface area contributed by atoms with Gasteiger partial charge in [0.05, 0.1) is 0 Å². The lowest BCUT2D eigenvalue weighted by atomic mass is 10.2. The highest BCUT2D eigenvalue weighted by molar-refractivity contribution is 5.83. The molecule has 0 bridgehead atoms. The number of aromatic nitrogens is 2. The molecular formula is C9H13N3O3. The number of carboxylic acid groups (broad SMARTS) is 1. The van der Waals surface area contributed by atoms with Crippen molar-refractivity contribution in [3.8, 4) is 0 Å². The number of rotatable bonds is 5. The largest absolute Gasteiger partial charge is 0.480 e. The molecule has 82 valence electrons. The Morgan fingerprint density at radius 3 is 2.80 bits per heavy atom. The smallest absolute Gasteiger partial charge is 0.326 e. The van der Waals surface area contributed by atoms with Gasteiger partial charge in [-0.05, 0) is 12.5 Å². The third-order valence-corrected chi connectivity index (χ3v) is 1.91. The number of aliphatic carboxylic acids is 1. The van der Waals surface area contributed by atoms with E-state index in [1.165, 1.54) is 4.68 Å². The number of carboxylic acids is 1. The standard InChI is InChI=1S/C9H13N3O3/c1-2-7(9(14)15)11-8(13)6-12-5-3-4-10-12/h3-5,7H,2,6H2,1H3,(H,11,13)(H,14,15). The second-order valence-electron chi connectivity index (χ2n) is 3.07. The van der Waals surface area contributed by atoms with Crippen molar-refractivity contribution in [3.63, 3.8) is 0 Å². The van der Waals surface area contributed by atoms with Crippen molar-refractivity contribution in [1.82, 2.24) is 15.1 Å². The van der Waals surface area contributed by atoms with Gasteiger partial charge in [-0.1, -0.05) is 6.92 Å². The minimum absolute atomic E-state index is 0.0385. The Bertz CT molecular complexity index is 334. The van der Waals surface area contributed by atoms with Gasteiger partial charge in [0.25, 0.3) is 0 Å². The summed E-state index contributed by atoms with van der Waals surface area (Å²) in [5.74, 6) is -1.38. The van der Waals surface area contributed by atoms with Gasteiger partial charge < -0.3 is 10.4 Å². The highest BCUT2D eigenvalue weighted by atomic mass is 16.4. The van der Waals surface area contributed by atoms with Gasteiger partial charge in [-0.2, -0.15) is 5.10 Å². The molecule has 1 aromatic heterocycles. The summed E-state index contributed by atoms with van der Waals surface area (Å²) >= 11 is 0. The Morgan fingerprint density at radius 2 is 2.33 bits per heavy atom. The minimum Gasteiger partial charge on any atom is -0.480 e. The van der Waals surface area contributed by atoms with Crippen molar-refractivity contribution in [2.24, 2.45) is 0 Å². The van der Waals surface area contributed by atoms with E-state index in [1.54, 1.807) is 25.4 Å². The van der Waals surface area contributed by atoms with Crippen molar-refractivity contribution in [2.75, 3.05) is 0 Å². The van der Waals surface area contributed by atoms with Gasteiger partial charge in [0.1, 0.15) is 12.6 Å². The second kappa shape index (κ2) is 5.14. The molecule has 0 aliphatic heterocycles. The minimum atomic E-state index is -1.02. The van der Waals surface area contributed by atoms with E-state index in [9.17, 15) is 9.59 Å². The van der Waals surface area contributed by atoms with Crippen molar-refractivity contribution < 1.29 is 14.7 Å². The van der Waals surface area contributed by atoms with Gasteiger partial charge in [-0.15, -0.1) is 0 Å². The molecule has 1 unspecified atom stereocenters. The van der Waals surface area contributed by atoms with Gasteiger partial charge in [-0.25, -0.2) is 4.79 Å². The summed E-state index contributed by atoms with van der Waals surface area (Å²) in [5.41, 5.74) is 0. The van der Waals surface area contributed by atoms with Crippen LogP contribution < -0.4 is 5.32 Å². The third-order valence-electron chi connectivity index (χ3n) is 1.91. The molecule has 1 atom stereocenters. The molecule has 0 aromatic carbocycles. The van der Waals surface area contributed by atoms with Crippen LogP contribution >= 0.6 is 0 Å². The van der Waals surface area contributed by atoms with Crippen LogP contribution in [0.25, 0.3) is 0 Å². The highest BCUT2D eigenvalue weighted by Crippen LogP contribution is 1.92. The van der Waals surface area contributed by atoms with E-state index in [4.69, 9.17) is 5.11 Å². The summed E-state index contributed by atoms with van der Waals surface area (Å²) in [6.07, 6.45) is 3.56. The molecule has 1 aromatic rings. The zero-order chi connectivity index (χ0) is 11.3. The first-order valence-electron chi connectivity index (χ1n) is 4.63. The number of carbonyl (C=O) groups is 2. The third kappa shape index (κ3) is 3.41. The van der Waals surface area contributed by atoms with Crippen LogP contribution in [-0.2, 0) is 16.1 Å². The average molecular weight is 211 g/mol. The van der Waals surface area contributed by atoms with E-state index in [0.717, 1.165) is 0 Å². The fourth-order valence-electron chi connectivity index (χ4n) is 1.12. The molecule has 6 nitrogen and oxygen atoms in total. The first kappa shape index (κ1) is 11.2. The monoisotopic (exact) mass is 211 g/mol. The van der Waals surface area contributed by atoms with Crippen LogP contribution in [0.2, 0.25) is 0 Å². The number of hydrogen-bond donors (Lipinski definition) is 2. The maximum atomic E-state index is 11.3. The second-order valence-corrected chi connectivity index (χ2v) is 3.07. The Labute approximate surface area is 86.9 Å². The van der Waals surface area contributed by atoms with Crippen molar-refractivity contribution in [2.45, 2.75) is 25.9 Å². The van der Waals surface area contributed by atoms with Gasteiger partial charge in [0.15, 0.2) is 0 Å². The lowest BCUT2D eigenvalue weighted by molar-refractivity contribution is -0.142. The Hall–Kier alpha value is -1.85. The van der Waals surface area contributed by atoms with Crippen LogP contribution in [0.1, 0.15) is 13.3 Å². The molecule has 0 aliphatic rings. The maximum absolute atomic E-state index is 11.3. The summed E-state index contributed by atoms with van der Waals surface area (Å²) in [6.45, 7) is 1.74. The summed E-state index contributed by atoms with van der Waals surface area (Å²) in [6, 6.07) is 0.870. The van der Waals surface area contributed by atoms with Gasteiger partial charge in [-0.3, -0.25) is 9.48 Å². The SMILES string of the molecule is CCC(NC(=O)Cn1cccn1)C(=O)O. The molecule has 0 saturated heterocycles. The van der Waals surface area contributed by atoms with Crippen LogP contribution in [0, 0.1) is 0 Å². The average Bonchev–Trinajstić information content (AvgIpc) is 2.66. The van der Waals surface area contributed by atoms with Crippen LogP contribution in [0.3, 0.4) is 0 Å². The molecular weight excluding hydrogens is 198 g/mol. The topological polar surface area (TPSA) is 84.2 Å². The van der Waals surface area contributed by atoms with Gasteiger partial charge in [0.2, 0.25) is 5.91 Å². The quantitative estimate of drug-likeness (QED) is 0.710. The summed E-state index contributed by atoms with van der Waals surface area (Å²) in [7, 11) is 0. The van der Waals surface area contributed by atoms with E-state index < -0.39 is 12.0 Å². The molecule has 15 heavy (non-hydrogen) atoms. The van der Waals surface area contributed by atoms with Crippen LogP contribution in [-0.4, -0.2) is 32.8 Å². The normalized spacial score (nSPS) is 12.1. The van der Waals surface area contributed by atoms with Crippen LogP contribution in [0.15, 0.2) is 18.5 Å². The summed E-state index contributed by atoms with van der Waals surface area (Å²) < 4.78 is 1.43. The van der Waals surface area contributed by atoms with E-state index in [-0.39, 0.29) is 12.5 Å². The lowest BCUT2D eigenvalue weighted by Crippen LogP contribution is -2.41. The molecule has 1 rings (SSSR count). The van der Waals surface area contributed by atoms with E-state index in [0.29, 0.717) is 6.42 Å².